The number of aromatic nitrogens is 2. The number of benzene rings is 1. The number of hydrogen-bond acceptors (Lipinski definition) is 2. The van der Waals surface area contributed by atoms with Crippen molar-refractivity contribution in [2.24, 2.45) is 0 Å². The molecule has 0 atom stereocenters. The number of hydrogen-bond donors (Lipinski definition) is 1. The molecule has 5 nitrogen and oxygen atoms in total. The normalized spacial score (nSPS) is 10.3. The predicted octanol–water partition coefficient (Wildman–Crippen LogP) is 2.41. The van der Waals surface area contributed by atoms with E-state index in [1.165, 1.54) is 4.90 Å². The molecule has 1 N–H and O–H groups in total. The molecular weight excluding hydrogens is 308 g/mol. The highest BCUT2D eigenvalue weighted by molar-refractivity contribution is 9.10. The second-order valence-electron chi connectivity index (χ2n) is 4.32. The van der Waals surface area contributed by atoms with E-state index in [0.29, 0.717) is 6.54 Å². The highest BCUT2D eigenvalue weighted by Gasteiger charge is 2.05. The topological polar surface area (TPSA) is 50.2 Å². The molecule has 1 aromatic heterocycles. The van der Waals surface area contributed by atoms with Gasteiger partial charge in [0.2, 0.25) is 0 Å². The van der Waals surface area contributed by atoms with E-state index >= 15 is 0 Å². The Balaban J connectivity index is 2.03. The Kier molecular flexibility index (Phi) is 4.21. The van der Waals surface area contributed by atoms with E-state index in [4.69, 9.17) is 0 Å². The predicted molar refractivity (Wildman–Crippen MR) is 77.2 cm³/mol. The van der Waals surface area contributed by atoms with E-state index in [0.717, 1.165) is 15.7 Å². The summed E-state index contributed by atoms with van der Waals surface area (Å²) in [6.07, 6.45) is 3.65. The molecule has 0 aliphatic rings. The van der Waals surface area contributed by atoms with Crippen LogP contribution in [-0.2, 0) is 6.54 Å². The van der Waals surface area contributed by atoms with Crippen LogP contribution in [0.4, 0.5) is 4.79 Å². The summed E-state index contributed by atoms with van der Waals surface area (Å²) in [7, 11) is 3.42. The van der Waals surface area contributed by atoms with Crippen LogP contribution in [0.15, 0.2) is 41.1 Å². The van der Waals surface area contributed by atoms with E-state index in [1.807, 2.05) is 30.5 Å². The summed E-state index contributed by atoms with van der Waals surface area (Å²) in [4.78, 5) is 12.9. The van der Waals surface area contributed by atoms with Crippen molar-refractivity contribution in [1.29, 1.82) is 0 Å². The quantitative estimate of drug-likeness (QED) is 0.943. The Hall–Kier alpha value is -1.82. The van der Waals surface area contributed by atoms with Gasteiger partial charge in [-0.1, -0.05) is 15.9 Å². The Morgan fingerprint density at radius 2 is 2.05 bits per heavy atom. The minimum atomic E-state index is -0.114. The Morgan fingerprint density at radius 3 is 2.68 bits per heavy atom. The molecule has 0 spiro atoms. The fraction of sp³-hybridized carbons (Fsp3) is 0.231. The summed E-state index contributed by atoms with van der Waals surface area (Å²) in [6.45, 7) is 0.466. The molecule has 2 amide bonds. The van der Waals surface area contributed by atoms with E-state index in [2.05, 4.69) is 26.3 Å². The molecule has 0 saturated heterocycles. The molecule has 19 heavy (non-hydrogen) atoms. The fourth-order valence-electron chi connectivity index (χ4n) is 1.52. The first-order valence-electron chi connectivity index (χ1n) is 5.81. The minimum absolute atomic E-state index is 0.114. The number of halogens is 1. The average molecular weight is 323 g/mol. The third-order valence-corrected chi connectivity index (χ3v) is 3.11. The Labute approximate surface area is 120 Å². The second-order valence-corrected chi connectivity index (χ2v) is 5.24. The van der Waals surface area contributed by atoms with Gasteiger partial charge in [-0.05, 0) is 24.3 Å². The first kappa shape index (κ1) is 13.6. The van der Waals surface area contributed by atoms with Gasteiger partial charge in [-0.25, -0.2) is 9.48 Å². The molecule has 0 radical (unpaired) electrons. The van der Waals surface area contributed by atoms with Crippen LogP contribution >= 0.6 is 15.9 Å². The molecular formula is C13H15BrN4O. The largest absolute Gasteiger partial charge is 0.334 e. The molecule has 6 heteroatoms. The van der Waals surface area contributed by atoms with Crippen molar-refractivity contribution < 1.29 is 4.79 Å². The molecule has 0 saturated carbocycles. The van der Waals surface area contributed by atoms with E-state index in [1.54, 1.807) is 25.0 Å². The van der Waals surface area contributed by atoms with Crippen molar-refractivity contribution in [2.75, 3.05) is 14.1 Å². The minimum Gasteiger partial charge on any atom is -0.334 e. The van der Waals surface area contributed by atoms with Crippen LogP contribution in [0.3, 0.4) is 0 Å². The van der Waals surface area contributed by atoms with Gasteiger partial charge < -0.3 is 10.2 Å². The maximum atomic E-state index is 11.4. The van der Waals surface area contributed by atoms with Crippen LogP contribution in [0.2, 0.25) is 0 Å². The van der Waals surface area contributed by atoms with Crippen LogP contribution in [0.25, 0.3) is 5.69 Å². The van der Waals surface area contributed by atoms with Crippen molar-refractivity contribution in [3.05, 3.63) is 46.7 Å². The van der Waals surface area contributed by atoms with Gasteiger partial charge in [-0.15, -0.1) is 0 Å². The summed E-state index contributed by atoms with van der Waals surface area (Å²) in [5.41, 5.74) is 1.94. The molecule has 0 fully saturated rings. The highest BCUT2D eigenvalue weighted by atomic mass is 79.9. The van der Waals surface area contributed by atoms with E-state index < -0.39 is 0 Å². The van der Waals surface area contributed by atoms with Gasteiger partial charge in [0.05, 0.1) is 11.9 Å². The number of carbonyl (C=O) groups is 1. The number of urea groups is 1. The molecule has 2 aromatic rings. The van der Waals surface area contributed by atoms with Gasteiger partial charge in [0.1, 0.15) is 0 Å². The van der Waals surface area contributed by atoms with Crippen LogP contribution in [-0.4, -0.2) is 34.8 Å². The maximum Gasteiger partial charge on any atom is 0.317 e. The van der Waals surface area contributed by atoms with E-state index in [-0.39, 0.29) is 6.03 Å². The van der Waals surface area contributed by atoms with Crippen LogP contribution in [0, 0.1) is 0 Å². The van der Waals surface area contributed by atoms with Crippen LogP contribution in [0.5, 0.6) is 0 Å². The van der Waals surface area contributed by atoms with Crippen molar-refractivity contribution >= 4 is 22.0 Å². The summed E-state index contributed by atoms with van der Waals surface area (Å²) in [6, 6.07) is 7.75. The standard InChI is InChI=1S/C13H15BrN4O/c1-17(2)13(19)15-7-10-8-16-18(9-10)12-5-3-11(14)4-6-12/h3-6,8-9H,7H2,1-2H3,(H,15,19). The lowest BCUT2D eigenvalue weighted by Crippen LogP contribution is -2.33. The lowest BCUT2D eigenvalue weighted by Gasteiger charge is -2.10. The smallest absolute Gasteiger partial charge is 0.317 e. The zero-order valence-electron chi connectivity index (χ0n) is 10.8. The van der Waals surface area contributed by atoms with Crippen molar-refractivity contribution in [2.45, 2.75) is 6.54 Å². The molecule has 0 aliphatic heterocycles. The van der Waals surface area contributed by atoms with Gasteiger partial charge in [-0.3, -0.25) is 0 Å². The Bertz CT molecular complexity index is 562. The Morgan fingerprint density at radius 1 is 1.37 bits per heavy atom. The van der Waals surface area contributed by atoms with Crippen LogP contribution < -0.4 is 5.32 Å². The van der Waals surface area contributed by atoms with E-state index in [9.17, 15) is 4.79 Å². The SMILES string of the molecule is CN(C)C(=O)NCc1cnn(-c2ccc(Br)cc2)c1. The highest BCUT2D eigenvalue weighted by Crippen LogP contribution is 2.13. The maximum absolute atomic E-state index is 11.4. The summed E-state index contributed by atoms with van der Waals surface area (Å²) in [5.74, 6) is 0. The summed E-state index contributed by atoms with van der Waals surface area (Å²) in [5, 5.41) is 7.07. The van der Waals surface area contributed by atoms with Crippen molar-refractivity contribution in [3.63, 3.8) is 0 Å². The van der Waals surface area contributed by atoms with Gasteiger partial charge in [-0.2, -0.15) is 5.10 Å². The third kappa shape index (κ3) is 3.57. The molecule has 2 rings (SSSR count). The number of rotatable bonds is 3. The lowest BCUT2D eigenvalue weighted by atomic mass is 10.3. The number of carbonyl (C=O) groups excluding carboxylic acids is 1. The number of nitrogens with one attached hydrogen (secondary N) is 1. The molecule has 1 heterocycles. The zero-order valence-corrected chi connectivity index (χ0v) is 12.4. The van der Waals surface area contributed by atoms with Gasteiger partial charge in [0, 0.05) is 36.9 Å². The van der Waals surface area contributed by atoms with Crippen LogP contribution in [0.1, 0.15) is 5.56 Å². The van der Waals surface area contributed by atoms with Crippen molar-refractivity contribution in [3.8, 4) is 5.69 Å². The molecule has 0 aliphatic carbocycles. The molecule has 0 bridgehead atoms. The second kappa shape index (κ2) is 5.88. The first-order valence-corrected chi connectivity index (χ1v) is 6.60. The van der Waals surface area contributed by atoms with Gasteiger partial charge in [0.15, 0.2) is 0 Å². The number of amides is 2. The summed E-state index contributed by atoms with van der Waals surface area (Å²) < 4.78 is 2.81. The zero-order chi connectivity index (χ0) is 13.8. The lowest BCUT2D eigenvalue weighted by molar-refractivity contribution is 0.217. The molecule has 0 unspecified atom stereocenters. The first-order chi connectivity index (χ1) is 9.06. The average Bonchev–Trinajstić information content (AvgIpc) is 2.85. The number of nitrogens with zero attached hydrogens (tertiary/aromatic N) is 3. The molecule has 1 aromatic carbocycles. The van der Waals surface area contributed by atoms with Crippen molar-refractivity contribution in [1.82, 2.24) is 20.0 Å². The molecule has 100 valence electrons. The van der Waals surface area contributed by atoms with Gasteiger partial charge in [0.25, 0.3) is 0 Å². The monoisotopic (exact) mass is 322 g/mol. The fourth-order valence-corrected chi connectivity index (χ4v) is 1.79. The summed E-state index contributed by atoms with van der Waals surface area (Å²) >= 11 is 3.40. The third-order valence-electron chi connectivity index (χ3n) is 2.58. The van der Waals surface area contributed by atoms with Gasteiger partial charge >= 0.3 is 6.03 Å².